The molecule has 2 aromatic rings. The van der Waals surface area contributed by atoms with Crippen molar-refractivity contribution in [3.05, 3.63) is 41.8 Å². The Morgan fingerprint density at radius 2 is 2.09 bits per heavy atom. The van der Waals surface area contributed by atoms with Crippen LogP contribution in [0.5, 0.6) is 0 Å². The van der Waals surface area contributed by atoms with E-state index >= 15 is 0 Å². The normalized spacial score (nSPS) is 21.1. The van der Waals surface area contributed by atoms with Crippen LogP contribution in [-0.4, -0.2) is 16.9 Å². The molecule has 1 fully saturated rings. The van der Waals surface area contributed by atoms with Gasteiger partial charge in [0, 0.05) is 11.6 Å². The SMILES string of the molecule is Cc1oc(-c2ccccc2)nc1CC(=O)NC1CCCC(C)C1. The summed E-state index contributed by atoms with van der Waals surface area (Å²) in [6.07, 6.45) is 4.93. The lowest BCUT2D eigenvalue weighted by molar-refractivity contribution is -0.121. The molecule has 4 heteroatoms. The number of hydrogen-bond acceptors (Lipinski definition) is 3. The van der Waals surface area contributed by atoms with Gasteiger partial charge in [0.25, 0.3) is 0 Å². The third-order valence-electron chi connectivity index (χ3n) is 4.54. The number of benzene rings is 1. The standard InChI is InChI=1S/C19H24N2O2/c1-13-7-6-10-16(11-13)20-18(22)12-17-14(2)23-19(21-17)15-8-4-3-5-9-15/h3-5,8-9,13,16H,6-7,10-12H2,1-2H3,(H,20,22). The number of hydrogen-bond donors (Lipinski definition) is 1. The molecule has 1 aliphatic carbocycles. The molecule has 2 atom stereocenters. The maximum Gasteiger partial charge on any atom is 0.226 e. The van der Waals surface area contributed by atoms with E-state index in [0.29, 0.717) is 17.9 Å². The van der Waals surface area contributed by atoms with Gasteiger partial charge >= 0.3 is 0 Å². The van der Waals surface area contributed by atoms with E-state index in [2.05, 4.69) is 17.2 Å². The molecule has 1 aromatic carbocycles. The number of carbonyl (C=O) groups excluding carboxylic acids is 1. The number of rotatable bonds is 4. The summed E-state index contributed by atoms with van der Waals surface area (Å²) in [5.41, 5.74) is 1.66. The molecule has 2 unspecified atom stereocenters. The summed E-state index contributed by atoms with van der Waals surface area (Å²) < 4.78 is 5.72. The lowest BCUT2D eigenvalue weighted by Crippen LogP contribution is -2.38. The summed E-state index contributed by atoms with van der Waals surface area (Å²) in [5, 5.41) is 3.15. The minimum Gasteiger partial charge on any atom is -0.441 e. The predicted molar refractivity (Wildman–Crippen MR) is 89.9 cm³/mol. The third-order valence-corrected chi connectivity index (χ3v) is 4.54. The van der Waals surface area contributed by atoms with Crippen LogP contribution in [0.25, 0.3) is 11.5 Å². The van der Waals surface area contributed by atoms with Gasteiger partial charge in [-0.2, -0.15) is 0 Å². The van der Waals surface area contributed by atoms with Gasteiger partial charge in [-0.25, -0.2) is 4.98 Å². The zero-order valence-electron chi connectivity index (χ0n) is 13.8. The van der Waals surface area contributed by atoms with E-state index in [1.54, 1.807) is 0 Å². The Hall–Kier alpha value is -2.10. The molecule has 1 aromatic heterocycles. The fourth-order valence-corrected chi connectivity index (χ4v) is 3.29. The second-order valence-corrected chi connectivity index (χ2v) is 6.60. The molecule has 1 saturated carbocycles. The summed E-state index contributed by atoms with van der Waals surface area (Å²) in [6, 6.07) is 10.1. The number of amides is 1. The highest BCUT2D eigenvalue weighted by atomic mass is 16.4. The monoisotopic (exact) mass is 312 g/mol. The van der Waals surface area contributed by atoms with E-state index in [0.717, 1.165) is 29.9 Å². The summed E-state index contributed by atoms with van der Waals surface area (Å²) in [5.74, 6) is 2.04. The second-order valence-electron chi connectivity index (χ2n) is 6.60. The largest absolute Gasteiger partial charge is 0.441 e. The van der Waals surface area contributed by atoms with Crippen molar-refractivity contribution in [1.29, 1.82) is 0 Å². The van der Waals surface area contributed by atoms with E-state index in [1.165, 1.54) is 12.8 Å². The van der Waals surface area contributed by atoms with E-state index in [9.17, 15) is 4.79 Å². The van der Waals surface area contributed by atoms with Crippen molar-refractivity contribution >= 4 is 5.91 Å². The van der Waals surface area contributed by atoms with E-state index < -0.39 is 0 Å². The zero-order chi connectivity index (χ0) is 16.2. The number of aromatic nitrogens is 1. The summed E-state index contributed by atoms with van der Waals surface area (Å²) in [4.78, 5) is 16.8. The first-order valence-electron chi connectivity index (χ1n) is 8.43. The van der Waals surface area contributed by atoms with Crippen LogP contribution in [-0.2, 0) is 11.2 Å². The highest BCUT2D eigenvalue weighted by Gasteiger charge is 2.21. The van der Waals surface area contributed by atoms with Gasteiger partial charge in [-0.15, -0.1) is 0 Å². The van der Waals surface area contributed by atoms with Crippen molar-refractivity contribution in [2.75, 3.05) is 0 Å². The molecule has 4 nitrogen and oxygen atoms in total. The van der Waals surface area contributed by atoms with Gasteiger partial charge in [0.05, 0.1) is 12.1 Å². The number of nitrogens with zero attached hydrogens (tertiary/aromatic N) is 1. The van der Waals surface area contributed by atoms with Crippen LogP contribution < -0.4 is 5.32 Å². The molecule has 1 heterocycles. The molecule has 1 amide bonds. The fraction of sp³-hybridized carbons (Fsp3) is 0.474. The second kappa shape index (κ2) is 6.99. The van der Waals surface area contributed by atoms with Crippen molar-refractivity contribution in [3.63, 3.8) is 0 Å². The fourth-order valence-electron chi connectivity index (χ4n) is 3.29. The quantitative estimate of drug-likeness (QED) is 0.932. The highest BCUT2D eigenvalue weighted by molar-refractivity contribution is 5.78. The molecule has 0 saturated heterocycles. The Bertz CT molecular complexity index is 663. The van der Waals surface area contributed by atoms with Gasteiger partial charge in [0.1, 0.15) is 5.76 Å². The van der Waals surface area contributed by atoms with E-state index in [-0.39, 0.29) is 12.3 Å². The molecule has 3 rings (SSSR count). The van der Waals surface area contributed by atoms with E-state index in [4.69, 9.17) is 4.42 Å². The summed E-state index contributed by atoms with van der Waals surface area (Å²) in [7, 11) is 0. The van der Waals surface area contributed by atoms with E-state index in [1.807, 2.05) is 37.3 Å². The first kappa shape index (κ1) is 15.8. The Labute approximate surface area is 137 Å². The molecule has 1 N–H and O–H groups in total. The van der Waals surface area contributed by atoms with Crippen LogP contribution in [0.3, 0.4) is 0 Å². The lowest BCUT2D eigenvalue weighted by Gasteiger charge is -2.27. The van der Waals surface area contributed by atoms with Crippen LogP contribution >= 0.6 is 0 Å². The van der Waals surface area contributed by atoms with Crippen molar-refractivity contribution in [2.45, 2.75) is 52.0 Å². The molecule has 23 heavy (non-hydrogen) atoms. The van der Waals surface area contributed by atoms with Gasteiger partial charge in [-0.05, 0) is 37.8 Å². The Balaban J connectivity index is 1.63. The zero-order valence-corrected chi connectivity index (χ0v) is 13.8. The predicted octanol–water partition coefficient (Wildman–Crippen LogP) is 3.89. The van der Waals surface area contributed by atoms with Gasteiger partial charge in [-0.1, -0.05) is 38.0 Å². The van der Waals surface area contributed by atoms with Crippen LogP contribution in [0.4, 0.5) is 0 Å². The highest BCUT2D eigenvalue weighted by Crippen LogP contribution is 2.24. The number of oxazole rings is 1. The molecule has 0 bridgehead atoms. The molecule has 0 aliphatic heterocycles. The number of nitrogens with one attached hydrogen (secondary N) is 1. The van der Waals surface area contributed by atoms with Gasteiger partial charge in [0.2, 0.25) is 11.8 Å². The Kier molecular flexibility index (Phi) is 4.79. The topological polar surface area (TPSA) is 55.1 Å². The molecule has 1 aliphatic rings. The Morgan fingerprint density at radius 1 is 1.30 bits per heavy atom. The summed E-state index contributed by atoms with van der Waals surface area (Å²) in [6.45, 7) is 4.12. The van der Waals surface area contributed by atoms with Gasteiger partial charge < -0.3 is 9.73 Å². The smallest absolute Gasteiger partial charge is 0.226 e. The first-order chi connectivity index (χ1) is 11.1. The van der Waals surface area contributed by atoms with Crippen LogP contribution in [0, 0.1) is 12.8 Å². The van der Waals surface area contributed by atoms with Crippen LogP contribution in [0.2, 0.25) is 0 Å². The molecular formula is C19H24N2O2. The van der Waals surface area contributed by atoms with Gasteiger partial charge in [-0.3, -0.25) is 4.79 Å². The van der Waals surface area contributed by atoms with Crippen molar-refractivity contribution in [1.82, 2.24) is 10.3 Å². The van der Waals surface area contributed by atoms with Crippen molar-refractivity contribution in [2.24, 2.45) is 5.92 Å². The minimum atomic E-state index is 0.0418. The van der Waals surface area contributed by atoms with Crippen LogP contribution in [0.1, 0.15) is 44.1 Å². The third kappa shape index (κ3) is 4.01. The number of carbonyl (C=O) groups is 1. The average Bonchev–Trinajstić information content (AvgIpc) is 2.89. The van der Waals surface area contributed by atoms with Gasteiger partial charge in [0.15, 0.2) is 0 Å². The average molecular weight is 312 g/mol. The lowest BCUT2D eigenvalue weighted by atomic mass is 9.87. The molecule has 122 valence electrons. The van der Waals surface area contributed by atoms with Crippen molar-refractivity contribution < 1.29 is 9.21 Å². The number of aryl methyl sites for hydroxylation is 1. The minimum absolute atomic E-state index is 0.0418. The first-order valence-corrected chi connectivity index (χ1v) is 8.43. The molecular weight excluding hydrogens is 288 g/mol. The molecule has 0 radical (unpaired) electrons. The summed E-state index contributed by atoms with van der Waals surface area (Å²) >= 11 is 0. The molecule has 0 spiro atoms. The van der Waals surface area contributed by atoms with Crippen LogP contribution in [0.15, 0.2) is 34.7 Å². The Morgan fingerprint density at radius 3 is 2.83 bits per heavy atom. The maximum absolute atomic E-state index is 12.3. The van der Waals surface area contributed by atoms with Crippen molar-refractivity contribution in [3.8, 4) is 11.5 Å². The maximum atomic E-state index is 12.3.